The molecule has 0 saturated carbocycles. The van der Waals surface area contributed by atoms with Gasteiger partial charge in [-0.05, 0) is 19.4 Å². The molecule has 1 saturated heterocycles. The lowest BCUT2D eigenvalue weighted by atomic mass is 9.87. The van der Waals surface area contributed by atoms with Gasteiger partial charge in [-0.1, -0.05) is 6.92 Å². The Balaban J connectivity index is 0.00000256. The third-order valence-electron chi connectivity index (χ3n) is 2.63. The summed E-state index contributed by atoms with van der Waals surface area (Å²) in [7, 11) is 0. The highest BCUT2D eigenvalue weighted by molar-refractivity contribution is 5.72. The van der Waals surface area contributed by atoms with Crippen LogP contribution in [-0.4, -0.2) is 32.3 Å². The quantitative estimate of drug-likeness (QED) is 0.705. The Hall–Kier alpha value is -1.03. The Bertz CT molecular complexity index is 275. The zero-order valence-electron chi connectivity index (χ0n) is 10.3. The molecule has 0 atom stereocenters. The second-order valence-corrected chi connectivity index (χ2v) is 4.41. The molecular weight excluding hydrogens is 206 g/mol. The summed E-state index contributed by atoms with van der Waals surface area (Å²) in [4.78, 5) is 10.9. The van der Waals surface area contributed by atoms with E-state index in [1.165, 1.54) is 6.92 Å². The van der Waals surface area contributed by atoms with E-state index in [9.17, 15) is 4.79 Å². The van der Waals surface area contributed by atoms with Gasteiger partial charge in [0, 0.05) is 14.9 Å². The van der Waals surface area contributed by atoms with Crippen LogP contribution in [0.15, 0.2) is 11.8 Å². The minimum absolute atomic E-state index is 0. The zero-order chi connectivity index (χ0) is 12.0. The molecule has 0 aromatic carbocycles. The fourth-order valence-electron chi connectivity index (χ4n) is 1.55. The third-order valence-corrected chi connectivity index (χ3v) is 2.63. The number of rotatable bonds is 6. The standard InChI is InChI=1S/C12H21NO3.H2/c1-4-5-10(2)16-9-12(7-15-8-12)6-13-11(3)14;/h5H,4,6-9H2,1-3H3,(H,13,14);1H/b10-5-;. The van der Waals surface area contributed by atoms with Crippen molar-refractivity contribution in [2.24, 2.45) is 5.41 Å². The van der Waals surface area contributed by atoms with Crippen molar-refractivity contribution in [3.05, 3.63) is 11.8 Å². The third kappa shape index (κ3) is 3.85. The van der Waals surface area contributed by atoms with Crippen LogP contribution in [-0.2, 0) is 14.3 Å². The molecule has 0 unspecified atom stereocenters. The van der Waals surface area contributed by atoms with Crippen LogP contribution in [0.4, 0.5) is 0 Å². The molecule has 4 nitrogen and oxygen atoms in total. The van der Waals surface area contributed by atoms with Crippen molar-refractivity contribution in [2.75, 3.05) is 26.4 Å². The fourth-order valence-corrected chi connectivity index (χ4v) is 1.55. The maximum Gasteiger partial charge on any atom is 0.216 e. The van der Waals surface area contributed by atoms with E-state index in [1.54, 1.807) is 0 Å². The van der Waals surface area contributed by atoms with Gasteiger partial charge >= 0.3 is 0 Å². The molecule has 0 aliphatic carbocycles. The first kappa shape index (κ1) is 13.0. The maximum atomic E-state index is 10.9. The highest BCUT2D eigenvalue weighted by atomic mass is 16.5. The van der Waals surface area contributed by atoms with Gasteiger partial charge in [0.1, 0.15) is 0 Å². The highest BCUT2D eigenvalue weighted by Crippen LogP contribution is 2.27. The van der Waals surface area contributed by atoms with Crippen LogP contribution in [0.1, 0.15) is 28.6 Å². The lowest BCUT2D eigenvalue weighted by Crippen LogP contribution is -2.53. The topological polar surface area (TPSA) is 47.6 Å². The lowest BCUT2D eigenvalue weighted by Gasteiger charge is -2.41. The average Bonchev–Trinajstić information content (AvgIpc) is 2.15. The van der Waals surface area contributed by atoms with Crippen LogP contribution >= 0.6 is 0 Å². The summed E-state index contributed by atoms with van der Waals surface area (Å²) in [6.07, 6.45) is 3.02. The van der Waals surface area contributed by atoms with E-state index in [4.69, 9.17) is 9.47 Å². The van der Waals surface area contributed by atoms with E-state index in [-0.39, 0.29) is 12.7 Å². The summed E-state index contributed by atoms with van der Waals surface area (Å²) < 4.78 is 10.9. The predicted molar refractivity (Wildman–Crippen MR) is 64.0 cm³/mol. The van der Waals surface area contributed by atoms with Crippen LogP contribution in [0.3, 0.4) is 0 Å². The van der Waals surface area contributed by atoms with Gasteiger partial charge in [-0.25, -0.2) is 0 Å². The number of hydrogen-bond acceptors (Lipinski definition) is 3. The molecule has 1 heterocycles. The van der Waals surface area contributed by atoms with Crippen LogP contribution in [0.25, 0.3) is 0 Å². The minimum atomic E-state index is -0.0332. The summed E-state index contributed by atoms with van der Waals surface area (Å²) in [5, 5.41) is 2.83. The van der Waals surface area contributed by atoms with Crippen molar-refractivity contribution in [3.8, 4) is 0 Å². The number of amides is 1. The molecule has 0 spiro atoms. The molecule has 0 radical (unpaired) electrons. The number of allylic oxidation sites excluding steroid dienone is 2. The van der Waals surface area contributed by atoms with E-state index < -0.39 is 0 Å². The lowest BCUT2D eigenvalue weighted by molar-refractivity contribution is -0.143. The van der Waals surface area contributed by atoms with E-state index in [2.05, 4.69) is 12.2 Å². The van der Waals surface area contributed by atoms with E-state index in [1.807, 2.05) is 13.0 Å². The molecule has 1 fully saturated rings. The SMILES string of the molecule is CC/C=C(/C)OCC1(CNC(C)=O)COC1.[HH]. The molecule has 4 heteroatoms. The maximum absolute atomic E-state index is 10.9. The molecule has 0 aromatic heterocycles. The van der Waals surface area contributed by atoms with Crippen LogP contribution < -0.4 is 5.32 Å². The van der Waals surface area contributed by atoms with Crippen molar-refractivity contribution in [3.63, 3.8) is 0 Å². The Kier molecular flexibility index (Phi) is 4.80. The number of carbonyl (C=O) groups excluding carboxylic acids is 1. The molecule has 1 aliphatic heterocycles. The molecule has 0 aromatic rings. The average molecular weight is 229 g/mol. The summed E-state index contributed by atoms with van der Waals surface area (Å²) >= 11 is 0. The normalized spacial score (nSPS) is 18.8. The highest BCUT2D eigenvalue weighted by Gasteiger charge is 2.39. The molecule has 1 N–H and O–H groups in total. The van der Waals surface area contributed by atoms with Gasteiger partial charge in [0.25, 0.3) is 0 Å². The largest absolute Gasteiger partial charge is 0.498 e. The summed E-state index contributed by atoms with van der Waals surface area (Å²) in [5.74, 6) is 0.934. The second-order valence-electron chi connectivity index (χ2n) is 4.41. The predicted octanol–water partition coefficient (Wildman–Crippen LogP) is 1.72. The number of nitrogens with one attached hydrogen (secondary N) is 1. The Labute approximate surface area is 98.5 Å². The van der Waals surface area contributed by atoms with Gasteiger partial charge < -0.3 is 14.8 Å². The van der Waals surface area contributed by atoms with Crippen LogP contribution in [0.5, 0.6) is 0 Å². The Morgan fingerprint density at radius 1 is 1.56 bits per heavy atom. The van der Waals surface area contributed by atoms with Crippen LogP contribution in [0.2, 0.25) is 0 Å². The summed E-state index contributed by atoms with van der Waals surface area (Å²) in [6, 6.07) is 0. The van der Waals surface area contributed by atoms with Gasteiger partial charge in [0.15, 0.2) is 0 Å². The summed E-state index contributed by atoms with van der Waals surface area (Å²) in [5.41, 5.74) is -0.0332. The molecule has 1 aliphatic rings. The van der Waals surface area contributed by atoms with E-state index >= 15 is 0 Å². The van der Waals surface area contributed by atoms with Gasteiger partial charge in [0.2, 0.25) is 5.91 Å². The smallest absolute Gasteiger partial charge is 0.216 e. The Morgan fingerprint density at radius 2 is 2.25 bits per heavy atom. The number of carbonyl (C=O) groups is 1. The molecule has 94 valence electrons. The fraction of sp³-hybridized carbons (Fsp3) is 0.750. The first-order valence-corrected chi connectivity index (χ1v) is 5.70. The Morgan fingerprint density at radius 3 is 2.69 bits per heavy atom. The van der Waals surface area contributed by atoms with Crippen molar-refractivity contribution in [1.29, 1.82) is 0 Å². The van der Waals surface area contributed by atoms with Crippen molar-refractivity contribution < 1.29 is 15.7 Å². The van der Waals surface area contributed by atoms with Gasteiger partial charge in [-0.2, -0.15) is 0 Å². The number of ether oxygens (including phenoxy) is 2. The summed E-state index contributed by atoms with van der Waals surface area (Å²) in [6.45, 7) is 8.11. The molecular formula is C12H23NO3. The van der Waals surface area contributed by atoms with E-state index in [0.717, 1.165) is 12.2 Å². The molecule has 1 amide bonds. The van der Waals surface area contributed by atoms with E-state index in [0.29, 0.717) is 26.4 Å². The first-order chi connectivity index (χ1) is 7.58. The number of hydrogen-bond donors (Lipinski definition) is 1. The molecule has 1 rings (SSSR count). The van der Waals surface area contributed by atoms with Gasteiger partial charge in [-0.3, -0.25) is 4.79 Å². The van der Waals surface area contributed by atoms with Gasteiger partial charge in [0.05, 0.1) is 31.0 Å². The molecule has 16 heavy (non-hydrogen) atoms. The first-order valence-electron chi connectivity index (χ1n) is 5.70. The van der Waals surface area contributed by atoms with Crippen molar-refractivity contribution in [2.45, 2.75) is 27.2 Å². The van der Waals surface area contributed by atoms with Crippen LogP contribution in [0, 0.1) is 5.41 Å². The second kappa shape index (κ2) is 5.89. The van der Waals surface area contributed by atoms with Crippen molar-refractivity contribution in [1.82, 2.24) is 5.32 Å². The van der Waals surface area contributed by atoms with Crippen molar-refractivity contribution >= 4 is 5.91 Å². The monoisotopic (exact) mass is 229 g/mol. The molecule has 0 bridgehead atoms. The minimum Gasteiger partial charge on any atom is -0.498 e. The zero-order valence-corrected chi connectivity index (χ0v) is 10.3. The van der Waals surface area contributed by atoms with Gasteiger partial charge in [-0.15, -0.1) is 0 Å².